The number of ether oxygens (including phenoxy) is 1. The van der Waals surface area contributed by atoms with E-state index in [-0.39, 0.29) is 28.6 Å². The van der Waals surface area contributed by atoms with Crippen LogP contribution in [0.15, 0.2) is 12.1 Å². The molecule has 0 N–H and O–H groups in total. The number of hydrogen-bond donors (Lipinski definition) is 0. The van der Waals surface area contributed by atoms with E-state index in [4.69, 9.17) is 10.00 Å². The molecule has 1 aromatic carbocycles. The van der Waals surface area contributed by atoms with Crippen LogP contribution in [0, 0.1) is 17.1 Å². The first kappa shape index (κ1) is 12.7. The summed E-state index contributed by atoms with van der Waals surface area (Å²) < 4.78 is 18.3. The Balaban J connectivity index is 3.29. The number of nitrogens with zero attached hydrogens (tertiary/aromatic N) is 1. The van der Waals surface area contributed by atoms with E-state index in [1.807, 2.05) is 0 Å². The highest BCUT2D eigenvalue weighted by molar-refractivity contribution is 9.08. The van der Waals surface area contributed by atoms with Crippen molar-refractivity contribution in [1.82, 2.24) is 0 Å². The van der Waals surface area contributed by atoms with Gasteiger partial charge in [-0.15, -0.1) is 0 Å². The van der Waals surface area contributed by atoms with Crippen molar-refractivity contribution in [1.29, 1.82) is 5.26 Å². The SMILES string of the molecule is CCOC(=O)c1cc(C#N)cc(F)c1CBr. The minimum atomic E-state index is -0.618. The van der Waals surface area contributed by atoms with Gasteiger partial charge in [-0.25, -0.2) is 9.18 Å². The number of carbonyl (C=O) groups is 1. The Morgan fingerprint density at radius 3 is 2.81 bits per heavy atom. The Kier molecular flexibility index (Phi) is 4.44. The maximum atomic E-state index is 13.5. The molecule has 0 bridgehead atoms. The van der Waals surface area contributed by atoms with E-state index in [1.54, 1.807) is 13.0 Å². The normalized spacial score (nSPS) is 9.62. The molecule has 0 aliphatic heterocycles. The minimum absolute atomic E-state index is 0.0928. The molecule has 1 aromatic rings. The van der Waals surface area contributed by atoms with Gasteiger partial charge < -0.3 is 4.74 Å². The fourth-order valence-corrected chi connectivity index (χ4v) is 1.80. The average Bonchev–Trinajstić information content (AvgIpc) is 2.28. The van der Waals surface area contributed by atoms with Gasteiger partial charge in [-0.1, -0.05) is 15.9 Å². The van der Waals surface area contributed by atoms with Crippen molar-refractivity contribution in [2.45, 2.75) is 12.3 Å². The van der Waals surface area contributed by atoms with Gasteiger partial charge in [0.15, 0.2) is 0 Å². The van der Waals surface area contributed by atoms with Crippen molar-refractivity contribution in [2.75, 3.05) is 6.61 Å². The predicted molar refractivity (Wildman–Crippen MR) is 59.7 cm³/mol. The lowest BCUT2D eigenvalue weighted by Crippen LogP contribution is -2.09. The van der Waals surface area contributed by atoms with Gasteiger partial charge in [0.25, 0.3) is 0 Å². The van der Waals surface area contributed by atoms with E-state index in [0.29, 0.717) is 0 Å². The number of nitriles is 1. The van der Waals surface area contributed by atoms with Gasteiger partial charge in [0.2, 0.25) is 0 Å². The van der Waals surface area contributed by atoms with Crippen molar-refractivity contribution in [2.24, 2.45) is 0 Å². The summed E-state index contributed by atoms with van der Waals surface area (Å²) in [7, 11) is 0. The van der Waals surface area contributed by atoms with Crippen molar-refractivity contribution >= 4 is 21.9 Å². The summed E-state index contributed by atoms with van der Waals surface area (Å²) in [6.07, 6.45) is 0. The number of benzene rings is 1. The third-order valence-electron chi connectivity index (χ3n) is 1.95. The van der Waals surface area contributed by atoms with Crippen LogP contribution < -0.4 is 0 Å². The number of halogens is 2. The van der Waals surface area contributed by atoms with Gasteiger partial charge in [0, 0.05) is 10.9 Å². The second-order valence-electron chi connectivity index (χ2n) is 2.95. The van der Waals surface area contributed by atoms with Crippen molar-refractivity contribution in [3.8, 4) is 6.07 Å². The number of hydrogen-bond acceptors (Lipinski definition) is 3. The van der Waals surface area contributed by atoms with E-state index in [1.165, 1.54) is 6.07 Å². The van der Waals surface area contributed by atoms with E-state index >= 15 is 0 Å². The smallest absolute Gasteiger partial charge is 0.338 e. The van der Waals surface area contributed by atoms with Crippen LogP contribution in [0.5, 0.6) is 0 Å². The van der Waals surface area contributed by atoms with Crippen LogP contribution in [0.25, 0.3) is 0 Å². The molecule has 0 radical (unpaired) electrons. The molecule has 0 saturated carbocycles. The second-order valence-corrected chi connectivity index (χ2v) is 3.51. The highest BCUT2D eigenvalue weighted by atomic mass is 79.9. The number of carbonyl (C=O) groups excluding carboxylic acids is 1. The van der Waals surface area contributed by atoms with Gasteiger partial charge >= 0.3 is 5.97 Å². The first-order valence-electron chi connectivity index (χ1n) is 4.59. The highest BCUT2D eigenvalue weighted by Crippen LogP contribution is 2.20. The zero-order valence-corrected chi connectivity index (χ0v) is 10.2. The fraction of sp³-hybridized carbons (Fsp3) is 0.273. The number of alkyl halides is 1. The van der Waals surface area contributed by atoms with Gasteiger partial charge in [-0.3, -0.25) is 0 Å². The Labute approximate surface area is 101 Å². The highest BCUT2D eigenvalue weighted by Gasteiger charge is 2.17. The van der Waals surface area contributed by atoms with Crippen LogP contribution in [0.2, 0.25) is 0 Å². The van der Waals surface area contributed by atoms with Crippen LogP contribution in [-0.2, 0) is 10.1 Å². The lowest BCUT2D eigenvalue weighted by molar-refractivity contribution is 0.0524. The van der Waals surface area contributed by atoms with Crippen LogP contribution in [0.4, 0.5) is 4.39 Å². The third-order valence-corrected chi connectivity index (χ3v) is 2.51. The molecule has 0 saturated heterocycles. The largest absolute Gasteiger partial charge is 0.462 e. The predicted octanol–water partition coefficient (Wildman–Crippen LogP) is 2.77. The van der Waals surface area contributed by atoms with E-state index < -0.39 is 11.8 Å². The van der Waals surface area contributed by atoms with E-state index in [0.717, 1.165) is 6.07 Å². The van der Waals surface area contributed by atoms with Gasteiger partial charge in [-0.05, 0) is 19.1 Å². The van der Waals surface area contributed by atoms with Crippen molar-refractivity contribution < 1.29 is 13.9 Å². The standard InChI is InChI=1S/C11H9BrFNO2/c1-2-16-11(15)8-3-7(6-14)4-10(13)9(8)5-12/h3-4H,2,5H2,1H3. The number of esters is 1. The summed E-state index contributed by atoms with van der Waals surface area (Å²) in [6.45, 7) is 1.87. The molecule has 0 atom stereocenters. The number of rotatable bonds is 3. The molecule has 3 nitrogen and oxygen atoms in total. The average molecular weight is 286 g/mol. The lowest BCUT2D eigenvalue weighted by atomic mass is 10.0. The molecule has 16 heavy (non-hydrogen) atoms. The van der Waals surface area contributed by atoms with E-state index in [9.17, 15) is 9.18 Å². The molecule has 84 valence electrons. The van der Waals surface area contributed by atoms with E-state index in [2.05, 4.69) is 15.9 Å². The zero-order chi connectivity index (χ0) is 12.1. The molecular formula is C11H9BrFNO2. The molecule has 0 aromatic heterocycles. The monoisotopic (exact) mass is 285 g/mol. The zero-order valence-electron chi connectivity index (χ0n) is 8.59. The first-order valence-corrected chi connectivity index (χ1v) is 5.71. The van der Waals surface area contributed by atoms with Crippen LogP contribution in [0.3, 0.4) is 0 Å². The summed E-state index contributed by atoms with van der Waals surface area (Å²) in [5.41, 5.74) is 0.401. The molecule has 0 aliphatic carbocycles. The molecule has 1 rings (SSSR count). The molecule has 0 amide bonds. The maximum absolute atomic E-state index is 13.5. The first-order chi connectivity index (χ1) is 7.63. The van der Waals surface area contributed by atoms with Crippen molar-refractivity contribution in [3.63, 3.8) is 0 Å². The summed E-state index contributed by atoms with van der Waals surface area (Å²) >= 11 is 3.09. The quantitative estimate of drug-likeness (QED) is 0.634. The Hall–Kier alpha value is -1.41. The third kappa shape index (κ3) is 2.58. The Morgan fingerprint density at radius 1 is 1.62 bits per heavy atom. The van der Waals surface area contributed by atoms with Gasteiger partial charge in [0.05, 0.1) is 23.8 Å². The molecule has 5 heteroatoms. The second kappa shape index (κ2) is 5.61. The summed E-state index contributed by atoms with van der Waals surface area (Å²) in [5, 5.41) is 8.87. The topological polar surface area (TPSA) is 50.1 Å². The lowest BCUT2D eigenvalue weighted by Gasteiger charge is -2.08. The van der Waals surface area contributed by atoms with Crippen LogP contribution in [0.1, 0.15) is 28.4 Å². The Morgan fingerprint density at radius 2 is 2.31 bits per heavy atom. The Bertz CT molecular complexity index is 454. The molecule has 0 heterocycles. The molecule has 0 spiro atoms. The van der Waals surface area contributed by atoms with Gasteiger partial charge in [0.1, 0.15) is 5.82 Å². The summed E-state index contributed by atoms with van der Waals surface area (Å²) in [4.78, 5) is 11.5. The van der Waals surface area contributed by atoms with Gasteiger partial charge in [-0.2, -0.15) is 5.26 Å². The summed E-state index contributed by atoms with van der Waals surface area (Å²) in [6, 6.07) is 4.22. The summed E-state index contributed by atoms with van der Waals surface area (Å²) in [5.74, 6) is -1.20. The molecular weight excluding hydrogens is 277 g/mol. The molecule has 0 aliphatic rings. The fourth-order valence-electron chi connectivity index (χ4n) is 1.23. The van der Waals surface area contributed by atoms with Crippen molar-refractivity contribution in [3.05, 3.63) is 34.6 Å². The van der Waals surface area contributed by atoms with Crippen LogP contribution in [-0.4, -0.2) is 12.6 Å². The minimum Gasteiger partial charge on any atom is -0.462 e. The molecule has 0 unspecified atom stereocenters. The molecule has 0 fully saturated rings. The van der Waals surface area contributed by atoms with Crippen LogP contribution >= 0.6 is 15.9 Å². The maximum Gasteiger partial charge on any atom is 0.338 e.